The van der Waals surface area contributed by atoms with Gasteiger partial charge in [0.15, 0.2) is 5.96 Å². The van der Waals surface area contributed by atoms with Crippen molar-refractivity contribution in [2.75, 3.05) is 58.9 Å². The van der Waals surface area contributed by atoms with Crippen molar-refractivity contribution in [2.45, 2.75) is 13.3 Å². The lowest BCUT2D eigenvalue weighted by Crippen LogP contribution is -2.68. The van der Waals surface area contributed by atoms with Crippen LogP contribution in [0.3, 0.4) is 0 Å². The summed E-state index contributed by atoms with van der Waals surface area (Å²) in [5, 5.41) is 8.32. The molecule has 27 heavy (non-hydrogen) atoms. The number of quaternary nitrogens is 1. The smallest absolute Gasteiger partial charge is 0.221 e. The third-order valence-corrected chi connectivity index (χ3v) is 5.95. The zero-order valence-electron chi connectivity index (χ0n) is 16.5. The number of aliphatic imine (C=N–C) groups is 1. The normalized spacial score (nSPS) is 25.0. The van der Waals surface area contributed by atoms with Gasteiger partial charge >= 0.3 is 0 Å². The minimum atomic E-state index is -0.0496. The van der Waals surface area contributed by atoms with Gasteiger partial charge in [-0.05, 0) is 12.0 Å². The number of rotatable bonds is 7. The van der Waals surface area contributed by atoms with Crippen molar-refractivity contribution in [3.8, 4) is 0 Å². The second-order valence-electron chi connectivity index (χ2n) is 8.18. The molecule has 0 saturated carbocycles. The van der Waals surface area contributed by atoms with Gasteiger partial charge in [-0.2, -0.15) is 4.99 Å². The van der Waals surface area contributed by atoms with E-state index >= 15 is 0 Å². The van der Waals surface area contributed by atoms with E-state index in [0.29, 0.717) is 5.92 Å². The average Bonchev–Trinajstić information content (AvgIpc) is 2.66. The molecule has 3 saturated heterocycles. The Morgan fingerprint density at radius 2 is 1.81 bits per heavy atom. The van der Waals surface area contributed by atoms with E-state index in [2.05, 4.69) is 41.1 Å². The van der Waals surface area contributed by atoms with E-state index in [4.69, 9.17) is 16.9 Å². The number of guanidine groups is 2. The SMILES string of the molecule is CC(CN(CCc1ccccc1)C(=N)N=C(N)N)C[N+]12CCN(CC1)CC2. The molecular formula is C20H34N7+. The molecule has 1 atom stereocenters. The van der Waals surface area contributed by atoms with Crippen molar-refractivity contribution >= 4 is 11.9 Å². The molecule has 0 radical (unpaired) electrons. The average molecular weight is 373 g/mol. The van der Waals surface area contributed by atoms with Gasteiger partial charge in [0.2, 0.25) is 5.96 Å². The number of fused-ring (bicyclic) bond motifs is 3. The first-order valence-electron chi connectivity index (χ1n) is 10.0. The van der Waals surface area contributed by atoms with E-state index in [1.54, 1.807) is 0 Å². The fourth-order valence-electron chi connectivity index (χ4n) is 4.49. The number of nitrogens with one attached hydrogen (secondary N) is 1. The molecule has 1 unspecified atom stereocenters. The van der Waals surface area contributed by atoms with Gasteiger partial charge < -0.3 is 20.9 Å². The summed E-state index contributed by atoms with van der Waals surface area (Å²) < 4.78 is 1.24. The quantitative estimate of drug-likeness (QED) is 0.369. The maximum atomic E-state index is 8.32. The summed E-state index contributed by atoms with van der Waals surface area (Å²) in [5.74, 6) is 0.604. The molecule has 5 N–H and O–H groups in total. The molecule has 2 bridgehead atoms. The number of nitrogens with zero attached hydrogens (tertiary/aromatic N) is 4. The molecule has 3 fully saturated rings. The molecule has 7 heteroatoms. The Morgan fingerprint density at radius 1 is 1.19 bits per heavy atom. The molecule has 1 aromatic rings. The van der Waals surface area contributed by atoms with Gasteiger partial charge in [0.25, 0.3) is 0 Å². The van der Waals surface area contributed by atoms with Crippen LogP contribution in [0.15, 0.2) is 35.3 Å². The van der Waals surface area contributed by atoms with Crippen LogP contribution in [-0.4, -0.2) is 85.1 Å². The lowest BCUT2D eigenvalue weighted by atomic mass is 10.0. The molecule has 4 rings (SSSR count). The Labute approximate surface area is 162 Å². The van der Waals surface area contributed by atoms with Gasteiger partial charge in [0.1, 0.15) is 0 Å². The second-order valence-corrected chi connectivity index (χ2v) is 8.18. The summed E-state index contributed by atoms with van der Waals surface area (Å²) in [6.07, 6.45) is 0.880. The standard InChI is InChI=1S/C20H34N7/c1-17(16-27-12-9-25(10-13-27)11-14-27)15-26(20(23)24-19(21)22)8-7-18-5-3-2-4-6-18/h2-6,17H,7-16H2,1H3,(H5,21,22,23,24)/q+1. The maximum Gasteiger partial charge on any atom is 0.221 e. The Hall–Kier alpha value is -2.12. The Balaban J connectivity index is 1.61. The molecule has 0 spiro atoms. The van der Waals surface area contributed by atoms with E-state index < -0.39 is 0 Å². The van der Waals surface area contributed by atoms with Crippen LogP contribution in [0.1, 0.15) is 12.5 Å². The van der Waals surface area contributed by atoms with Crippen molar-refractivity contribution in [3.63, 3.8) is 0 Å². The predicted octanol–water partition coefficient (Wildman–Crippen LogP) is 0.521. The van der Waals surface area contributed by atoms with Gasteiger partial charge in [-0.25, -0.2) is 0 Å². The molecule has 0 amide bonds. The first-order chi connectivity index (χ1) is 13.0. The van der Waals surface area contributed by atoms with E-state index in [0.717, 1.165) is 19.5 Å². The predicted molar refractivity (Wildman–Crippen MR) is 111 cm³/mol. The second kappa shape index (κ2) is 8.71. The van der Waals surface area contributed by atoms with Crippen LogP contribution in [-0.2, 0) is 6.42 Å². The van der Waals surface area contributed by atoms with Crippen molar-refractivity contribution in [3.05, 3.63) is 35.9 Å². The first-order valence-corrected chi connectivity index (χ1v) is 10.0. The number of hydrogen-bond donors (Lipinski definition) is 3. The summed E-state index contributed by atoms with van der Waals surface area (Å²) in [6, 6.07) is 10.4. The lowest BCUT2D eigenvalue weighted by Gasteiger charge is -2.51. The molecule has 3 aliphatic heterocycles. The van der Waals surface area contributed by atoms with Gasteiger partial charge in [-0.15, -0.1) is 0 Å². The van der Waals surface area contributed by atoms with E-state index in [1.165, 1.54) is 55.9 Å². The molecule has 7 nitrogen and oxygen atoms in total. The van der Waals surface area contributed by atoms with E-state index in [1.807, 2.05) is 11.0 Å². The van der Waals surface area contributed by atoms with Crippen LogP contribution in [0.5, 0.6) is 0 Å². The number of nitrogens with two attached hydrogens (primary N) is 2. The van der Waals surface area contributed by atoms with Crippen molar-refractivity contribution in [1.29, 1.82) is 5.41 Å². The fraction of sp³-hybridized carbons (Fsp3) is 0.600. The maximum absolute atomic E-state index is 8.32. The fourth-order valence-corrected chi connectivity index (χ4v) is 4.49. The highest BCUT2D eigenvalue weighted by Gasteiger charge is 2.39. The Bertz CT molecular complexity index is 632. The highest BCUT2D eigenvalue weighted by molar-refractivity contribution is 5.91. The van der Waals surface area contributed by atoms with Crippen LogP contribution < -0.4 is 11.5 Å². The first kappa shape index (κ1) is 19.6. The monoisotopic (exact) mass is 372 g/mol. The van der Waals surface area contributed by atoms with Crippen molar-refractivity contribution in [1.82, 2.24) is 9.80 Å². The zero-order valence-corrected chi connectivity index (χ0v) is 16.5. The molecule has 0 aliphatic carbocycles. The third kappa shape index (κ3) is 5.43. The van der Waals surface area contributed by atoms with Gasteiger partial charge in [-0.3, -0.25) is 10.3 Å². The summed E-state index contributed by atoms with van der Waals surface area (Å²) in [6.45, 7) is 12.5. The van der Waals surface area contributed by atoms with Crippen molar-refractivity contribution < 1.29 is 4.48 Å². The molecule has 3 heterocycles. The molecule has 148 valence electrons. The van der Waals surface area contributed by atoms with Gasteiger partial charge in [0, 0.05) is 38.6 Å². The van der Waals surface area contributed by atoms with Crippen LogP contribution in [0.25, 0.3) is 0 Å². The zero-order chi connectivity index (χ0) is 19.3. The topological polar surface area (TPSA) is 94.7 Å². The summed E-state index contributed by atoms with van der Waals surface area (Å²) >= 11 is 0. The van der Waals surface area contributed by atoms with Crippen LogP contribution in [0, 0.1) is 11.3 Å². The van der Waals surface area contributed by atoms with Crippen molar-refractivity contribution in [2.24, 2.45) is 22.4 Å². The van der Waals surface area contributed by atoms with Crippen LogP contribution in [0.2, 0.25) is 0 Å². The van der Waals surface area contributed by atoms with Gasteiger partial charge in [-0.1, -0.05) is 37.3 Å². The van der Waals surface area contributed by atoms with Gasteiger partial charge in [0.05, 0.1) is 26.2 Å². The van der Waals surface area contributed by atoms with E-state index in [9.17, 15) is 0 Å². The molecule has 3 aliphatic rings. The Kier molecular flexibility index (Phi) is 6.34. The summed E-state index contributed by atoms with van der Waals surface area (Å²) in [5.41, 5.74) is 12.3. The highest BCUT2D eigenvalue weighted by Crippen LogP contribution is 2.22. The van der Waals surface area contributed by atoms with Crippen LogP contribution in [0.4, 0.5) is 0 Å². The minimum Gasteiger partial charge on any atom is -0.370 e. The highest BCUT2D eigenvalue weighted by atomic mass is 15.5. The summed E-state index contributed by atoms with van der Waals surface area (Å²) in [4.78, 5) is 8.60. The minimum absolute atomic E-state index is 0.0496. The summed E-state index contributed by atoms with van der Waals surface area (Å²) in [7, 11) is 0. The van der Waals surface area contributed by atoms with Crippen LogP contribution >= 0.6 is 0 Å². The number of hydrogen-bond acceptors (Lipinski definition) is 2. The number of benzene rings is 1. The third-order valence-electron chi connectivity index (χ3n) is 5.95. The molecular weight excluding hydrogens is 338 g/mol. The van der Waals surface area contributed by atoms with E-state index in [-0.39, 0.29) is 11.9 Å². The largest absolute Gasteiger partial charge is 0.370 e. The molecule has 0 aromatic heterocycles. The number of piperazine rings is 3. The molecule has 1 aromatic carbocycles. The Morgan fingerprint density at radius 3 is 2.41 bits per heavy atom. The lowest BCUT2D eigenvalue weighted by molar-refractivity contribution is -0.943.